The van der Waals surface area contributed by atoms with Crippen molar-refractivity contribution in [3.63, 3.8) is 0 Å². The Hall–Kier alpha value is -2.75. The number of hydrogen-bond donors (Lipinski definition) is 0. The van der Waals surface area contributed by atoms with E-state index in [2.05, 4.69) is 35.2 Å². The smallest absolute Gasteiger partial charge is 0.189 e. The van der Waals surface area contributed by atoms with Crippen LogP contribution in [0, 0.1) is 5.92 Å². The van der Waals surface area contributed by atoms with Gasteiger partial charge in [0.25, 0.3) is 0 Å². The van der Waals surface area contributed by atoms with Crippen molar-refractivity contribution in [3.8, 4) is 11.5 Å². The standard InChI is InChI=1S/C23H25NO3/c1-26-21-14-17-13-18(23(25)20(17)15-22(21)27-2)12-16-8-10-24(11-9-16)19-6-4-3-5-7-19/h3-7,12,14-16H,8-11,13H2,1-2H3. The van der Waals surface area contributed by atoms with E-state index in [0.29, 0.717) is 23.8 Å². The summed E-state index contributed by atoms with van der Waals surface area (Å²) in [5, 5.41) is 0. The summed E-state index contributed by atoms with van der Waals surface area (Å²) in [5.41, 5.74) is 3.98. The lowest BCUT2D eigenvalue weighted by Gasteiger charge is -2.32. The minimum atomic E-state index is 0.136. The van der Waals surface area contributed by atoms with Gasteiger partial charge < -0.3 is 14.4 Å². The molecule has 2 aliphatic rings. The van der Waals surface area contributed by atoms with Gasteiger partial charge in [-0.25, -0.2) is 0 Å². The summed E-state index contributed by atoms with van der Waals surface area (Å²) >= 11 is 0. The van der Waals surface area contributed by atoms with Crippen molar-refractivity contribution in [2.24, 2.45) is 5.92 Å². The number of piperidine rings is 1. The second kappa shape index (κ2) is 7.47. The number of ketones is 1. The van der Waals surface area contributed by atoms with E-state index in [-0.39, 0.29) is 5.78 Å². The maximum Gasteiger partial charge on any atom is 0.189 e. The first-order chi connectivity index (χ1) is 13.2. The number of carbonyl (C=O) groups is 1. The Morgan fingerprint density at radius 2 is 1.67 bits per heavy atom. The van der Waals surface area contributed by atoms with Crippen LogP contribution in [0.5, 0.6) is 11.5 Å². The summed E-state index contributed by atoms with van der Waals surface area (Å²) in [5.74, 6) is 1.89. The van der Waals surface area contributed by atoms with Gasteiger partial charge in [-0.15, -0.1) is 0 Å². The molecule has 4 nitrogen and oxygen atoms in total. The molecule has 1 heterocycles. The van der Waals surface area contributed by atoms with Crippen LogP contribution in [0.4, 0.5) is 5.69 Å². The highest BCUT2D eigenvalue weighted by atomic mass is 16.5. The van der Waals surface area contributed by atoms with Crippen LogP contribution >= 0.6 is 0 Å². The number of benzene rings is 2. The van der Waals surface area contributed by atoms with E-state index >= 15 is 0 Å². The summed E-state index contributed by atoms with van der Waals surface area (Å²) < 4.78 is 10.7. The molecule has 2 aromatic rings. The number of rotatable bonds is 4. The molecule has 0 amide bonds. The Balaban J connectivity index is 1.47. The van der Waals surface area contributed by atoms with Crippen molar-refractivity contribution in [3.05, 3.63) is 65.2 Å². The summed E-state index contributed by atoms with van der Waals surface area (Å²) in [4.78, 5) is 15.3. The third-order valence-corrected chi connectivity index (χ3v) is 5.62. The number of para-hydroxylation sites is 1. The van der Waals surface area contributed by atoms with Crippen LogP contribution in [-0.2, 0) is 6.42 Å². The maximum absolute atomic E-state index is 12.8. The summed E-state index contributed by atoms with van der Waals surface area (Å²) in [6, 6.07) is 14.3. The monoisotopic (exact) mass is 363 g/mol. The molecule has 0 unspecified atom stereocenters. The minimum absolute atomic E-state index is 0.136. The number of nitrogens with zero attached hydrogens (tertiary/aromatic N) is 1. The van der Waals surface area contributed by atoms with E-state index in [4.69, 9.17) is 9.47 Å². The van der Waals surface area contributed by atoms with Crippen molar-refractivity contribution in [1.82, 2.24) is 0 Å². The van der Waals surface area contributed by atoms with E-state index in [1.807, 2.05) is 18.2 Å². The number of hydrogen-bond acceptors (Lipinski definition) is 4. The summed E-state index contributed by atoms with van der Waals surface area (Å²) in [7, 11) is 3.22. The predicted octanol–water partition coefficient (Wildman–Crippen LogP) is 4.29. The Labute approximate surface area is 160 Å². The van der Waals surface area contributed by atoms with Crippen molar-refractivity contribution < 1.29 is 14.3 Å². The first-order valence-electron chi connectivity index (χ1n) is 9.50. The van der Waals surface area contributed by atoms with E-state index < -0.39 is 0 Å². The molecular formula is C23H25NO3. The zero-order valence-electron chi connectivity index (χ0n) is 15.9. The predicted molar refractivity (Wildman–Crippen MR) is 107 cm³/mol. The molecule has 2 aromatic carbocycles. The van der Waals surface area contributed by atoms with Gasteiger partial charge in [0.2, 0.25) is 0 Å². The van der Waals surface area contributed by atoms with Gasteiger partial charge >= 0.3 is 0 Å². The normalized spacial score (nSPS) is 18.7. The Kier molecular flexibility index (Phi) is 4.88. The SMILES string of the molecule is COc1cc2c(cc1OC)C(=O)C(=CC1CCN(c3ccccc3)CC1)C2. The lowest BCUT2D eigenvalue weighted by atomic mass is 9.93. The highest BCUT2D eigenvalue weighted by Crippen LogP contribution is 2.37. The number of carbonyl (C=O) groups excluding carboxylic acids is 1. The molecule has 1 aliphatic heterocycles. The fourth-order valence-electron chi connectivity index (χ4n) is 4.12. The van der Waals surface area contributed by atoms with Gasteiger partial charge in [-0.2, -0.15) is 0 Å². The van der Waals surface area contributed by atoms with Crippen molar-refractivity contribution in [2.45, 2.75) is 19.3 Å². The second-order valence-electron chi connectivity index (χ2n) is 7.22. The van der Waals surface area contributed by atoms with Crippen LogP contribution in [-0.4, -0.2) is 33.1 Å². The highest BCUT2D eigenvalue weighted by Gasteiger charge is 2.28. The van der Waals surface area contributed by atoms with E-state index in [1.54, 1.807) is 14.2 Å². The van der Waals surface area contributed by atoms with Gasteiger partial charge in [0.1, 0.15) is 0 Å². The van der Waals surface area contributed by atoms with Crippen LogP contribution in [0.25, 0.3) is 0 Å². The van der Waals surface area contributed by atoms with E-state index in [1.165, 1.54) is 5.69 Å². The van der Waals surface area contributed by atoms with Crippen LogP contribution in [0.2, 0.25) is 0 Å². The average Bonchev–Trinajstić information content (AvgIpc) is 3.02. The van der Waals surface area contributed by atoms with Gasteiger partial charge in [0, 0.05) is 36.3 Å². The fraction of sp³-hybridized carbons (Fsp3) is 0.348. The zero-order chi connectivity index (χ0) is 18.8. The fourth-order valence-corrected chi connectivity index (χ4v) is 4.12. The first-order valence-corrected chi connectivity index (χ1v) is 9.50. The van der Waals surface area contributed by atoms with E-state index in [0.717, 1.165) is 42.6 Å². The molecule has 1 aliphatic carbocycles. The van der Waals surface area contributed by atoms with Crippen molar-refractivity contribution in [1.29, 1.82) is 0 Å². The number of ether oxygens (including phenoxy) is 2. The lowest BCUT2D eigenvalue weighted by Crippen LogP contribution is -2.33. The van der Waals surface area contributed by atoms with Gasteiger partial charge in [0.15, 0.2) is 17.3 Å². The molecule has 4 heteroatoms. The molecule has 0 radical (unpaired) electrons. The average molecular weight is 363 g/mol. The first kappa shape index (κ1) is 17.7. The molecule has 0 aromatic heterocycles. The largest absolute Gasteiger partial charge is 0.493 e. The minimum Gasteiger partial charge on any atom is -0.493 e. The Morgan fingerprint density at radius 3 is 2.33 bits per heavy atom. The number of allylic oxidation sites excluding steroid dienone is 2. The molecule has 0 spiro atoms. The second-order valence-corrected chi connectivity index (χ2v) is 7.22. The Bertz CT molecular complexity index is 865. The molecule has 0 bridgehead atoms. The topological polar surface area (TPSA) is 38.8 Å². The van der Waals surface area contributed by atoms with Crippen LogP contribution in [0.3, 0.4) is 0 Å². The molecule has 1 fully saturated rings. The van der Waals surface area contributed by atoms with Gasteiger partial charge in [-0.3, -0.25) is 4.79 Å². The molecule has 1 saturated heterocycles. The van der Waals surface area contributed by atoms with Crippen LogP contribution in [0.15, 0.2) is 54.1 Å². The van der Waals surface area contributed by atoms with Crippen molar-refractivity contribution in [2.75, 3.05) is 32.2 Å². The highest BCUT2D eigenvalue weighted by molar-refractivity contribution is 6.13. The quantitative estimate of drug-likeness (QED) is 0.760. The number of Topliss-reactive ketones (excluding diaryl/α,β-unsaturated/α-hetero) is 1. The zero-order valence-corrected chi connectivity index (χ0v) is 15.9. The molecule has 0 saturated carbocycles. The van der Waals surface area contributed by atoms with E-state index in [9.17, 15) is 4.79 Å². The van der Waals surface area contributed by atoms with Crippen molar-refractivity contribution >= 4 is 11.5 Å². The maximum atomic E-state index is 12.8. The van der Waals surface area contributed by atoms with Crippen LogP contribution in [0.1, 0.15) is 28.8 Å². The van der Waals surface area contributed by atoms with Gasteiger partial charge in [-0.05, 0) is 48.6 Å². The molecular weight excluding hydrogens is 338 g/mol. The third kappa shape index (κ3) is 3.44. The molecule has 4 rings (SSSR count). The Morgan fingerprint density at radius 1 is 1.00 bits per heavy atom. The number of fused-ring (bicyclic) bond motifs is 1. The van der Waals surface area contributed by atoms with Gasteiger partial charge in [0.05, 0.1) is 14.2 Å². The number of anilines is 1. The van der Waals surface area contributed by atoms with Crippen LogP contribution < -0.4 is 14.4 Å². The molecule has 27 heavy (non-hydrogen) atoms. The lowest BCUT2D eigenvalue weighted by molar-refractivity contribution is 0.103. The van der Waals surface area contributed by atoms with Gasteiger partial charge in [-0.1, -0.05) is 24.3 Å². The molecule has 0 atom stereocenters. The summed E-state index contributed by atoms with van der Waals surface area (Å²) in [6.45, 7) is 2.06. The third-order valence-electron chi connectivity index (χ3n) is 5.62. The number of methoxy groups -OCH3 is 2. The molecule has 140 valence electrons. The summed E-state index contributed by atoms with van der Waals surface area (Å²) in [6.07, 6.45) is 5.06. The molecule has 0 N–H and O–H groups in total.